The maximum atomic E-state index is 12.8. The van der Waals surface area contributed by atoms with E-state index in [2.05, 4.69) is 56.5 Å². The number of carbonyl (C=O) groups excluding carboxylic acids is 1. The van der Waals surface area contributed by atoms with E-state index in [1.807, 2.05) is 18.3 Å². The number of fused-ring (bicyclic) bond motifs is 1. The molecule has 1 amide bonds. The van der Waals surface area contributed by atoms with E-state index >= 15 is 0 Å². The fraction of sp³-hybridized carbons (Fsp3) is 0.308. The fourth-order valence-corrected chi connectivity index (χ4v) is 4.41. The summed E-state index contributed by atoms with van der Waals surface area (Å²) in [6.45, 7) is 5.30. The highest BCUT2D eigenvalue weighted by Gasteiger charge is 2.25. The molecule has 2 aromatic carbocycles. The van der Waals surface area contributed by atoms with Crippen LogP contribution in [0.25, 0.3) is 11.1 Å². The largest absolute Gasteiger partial charge is 0.489 e. The van der Waals surface area contributed by atoms with Crippen molar-refractivity contribution in [3.8, 4) is 16.9 Å². The zero-order valence-corrected chi connectivity index (χ0v) is 18.8. The topological polar surface area (TPSA) is 66.9 Å². The number of hydrogen-bond donors (Lipinski definition) is 1. The van der Waals surface area contributed by atoms with Crippen molar-refractivity contribution < 1.29 is 14.3 Å². The molecule has 0 saturated carbocycles. The average Bonchev–Trinajstić information content (AvgIpc) is 2.89. The Balaban J connectivity index is 1.51. The molecule has 1 N–H and O–H groups in total. The molecule has 0 spiro atoms. The normalized spacial score (nSPS) is 15.5. The smallest absolute Gasteiger partial charge is 0.254 e. The first-order valence-corrected chi connectivity index (χ1v) is 11.3. The van der Waals surface area contributed by atoms with E-state index < -0.39 is 0 Å². The van der Waals surface area contributed by atoms with Gasteiger partial charge in [0.05, 0.1) is 31.0 Å². The minimum Gasteiger partial charge on any atom is -0.489 e. The molecule has 0 aliphatic carbocycles. The number of rotatable bonds is 5. The first-order valence-electron chi connectivity index (χ1n) is 11.3. The number of nitrogens with zero attached hydrogens (tertiary/aromatic N) is 3. The number of ether oxygens (including phenoxy) is 2. The lowest BCUT2D eigenvalue weighted by Crippen LogP contribution is -2.36. The molecule has 1 saturated heterocycles. The Hall–Kier alpha value is -3.58. The molecule has 1 aromatic heterocycles. The molecular weight excluding hydrogens is 416 g/mol. The molecule has 0 atom stereocenters. The van der Waals surface area contributed by atoms with Crippen LogP contribution >= 0.6 is 0 Å². The van der Waals surface area contributed by atoms with Crippen LogP contribution in [0, 0.1) is 0 Å². The zero-order chi connectivity index (χ0) is 22.6. The molecule has 33 heavy (non-hydrogen) atoms. The monoisotopic (exact) mass is 444 g/mol. The Labute approximate surface area is 193 Å². The van der Waals surface area contributed by atoms with E-state index in [9.17, 15) is 4.79 Å². The van der Waals surface area contributed by atoms with Crippen LogP contribution in [0.15, 0.2) is 60.9 Å². The highest BCUT2D eigenvalue weighted by molar-refractivity contribution is 6.00. The molecule has 7 heteroatoms. The second-order valence-electron chi connectivity index (χ2n) is 8.23. The number of morpholine rings is 1. The number of benzene rings is 2. The second-order valence-corrected chi connectivity index (χ2v) is 8.23. The molecule has 3 aromatic rings. The van der Waals surface area contributed by atoms with Crippen molar-refractivity contribution in [2.45, 2.75) is 6.54 Å². The summed E-state index contributed by atoms with van der Waals surface area (Å²) < 4.78 is 11.5. The number of amides is 1. The highest BCUT2D eigenvalue weighted by atomic mass is 16.5. The van der Waals surface area contributed by atoms with E-state index in [1.54, 1.807) is 13.2 Å². The molecular formula is C26H28N4O3. The van der Waals surface area contributed by atoms with Gasteiger partial charge in [-0.05, 0) is 47.0 Å². The summed E-state index contributed by atoms with van der Waals surface area (Å²) in [5, 5.41) is 2.76. The van der Waals surface area contributed by atoms with Crippen LogP contribution in [0.2, 0.25) is 0 Å². The summed E-state index contributed by atoms with van der Waals surface area (Å²) in [5.41, 5.74) is 5.84. The number of hydrogen-bond acceptors (Lipinski definition) is 6. The van der Waals surface area contributed by atoms with Crippen LogP contribution < -0.4 is 19.9 Å². The van der Waals surface area contributed by atoms with Gasteiger partial charge in [0.15, 0.2) is 5.75 Å². The Morgan fingerprint density at radius 2 is 1.85 bits per heavy atom. The minimum absolute atomic E-state index is 0.152. The SMILES string of the molecule is CNC(=O)c1cc(-c2ccc(N3CCOCC3)cc2)cc2c1OCCN2Cc1cccnc1. The number of nitrogens with one attached hydrogen (secondary N) is 1. The van der Waals surface area contributed by atoms with E-state index in [1.165, 1.54) is 5.69 Å². The fourth-order valence-electron chi connectivity index (χ4n) is 4.41. The molecule has 7 nitrogen and oxygen atoms in total. The summed E-state index contributed by atoms with van der Waals surface area (Å²) >= 11 is 0. The first-order chi connectivity index (χ1) is 16.2. The van der Waals surface area contributed by atoms with E-state index in [-0.39, 0.29) is 5.91 Å². The van der Waals surface area contributed by atoms with Gasteiger partial charge in [0.1, 0.15) is 6.61 Å². The lowest BCUT2D eigenvalue weighted by Gasteiger charge is -2.33. The number of aromatic nitrogens is 1. The van der Waals surface area contributed by atoms with Crippen LogP contribution in [0.1, 0.15) is 15.9 Å². The van der Waals surface area contributed by atoms with Crippen molar-refractivity contribution in [3.63, 3.8) is 0 Å². The minimum atomic E-state index is -0.152. The summed E-state index contributed by atoms with van der Waals surface area (Å²) in [5.74, 6) is 0.486. The van der Waals surface area contributed by atoms with Gasteiger partial charge in [-0.25, -0.2) is 0 Å². The van der Waals surface area contributed by atoms with E-state index in [4.69, 9.17) is 9.47 Å². The van der Waals surface area contributed by atoms with Gasteiger partial charge in [0.2, 0.25) is 0 Å². The van der Waals surface area contributed by atoms with Gasteiger partial charge in [-0.15, -0.1) is 0 Å². The zero-order valence-electron chi connectivity index (χ0n) is 18.8. The van der Waals surface area contributed by atoms with Crippen LogP contribution in [0.5, 0.6) is 5.75 Å². The Morgan fingerprint density at radius 3 is 2.58 bits per heavy atom. The first kappa shape index (κ1) is 21.3. The third kappa shape index (κ3) is 4.50. The van der Waals surface area contributed by atoms with Crippen molar-refractivity contribution in [3.05, 3.63) is 72.1 Å². The molecule has 0 radical (unpaired) electrons. The molecule has 2 aliphatic heterocycles. The molecule has 1 fully saturated rings. The molecule has 2 aliphatic rings. The molecule has 0 unspecified atom stereocenters. The molecule has 170 valence electrons. The Kier molecular flexibility index (Phi) is 6.13. The standard InChI is InChI=1S/C26H28N4O3/c1-27-26(31)23-15-21(20-4-6-22(7-5-20)29-9-12-32-13-10-29)16-24-25(23)33-14-11-30(24)18-19-3-2-8-28-17-19/h2-8,15-17H,9-14,18H2,1H3,(H,27,31). The Bertz CT molecular complexity index is 1110. The number of anilines is 2. The molecule has 5 rings (SSSR count). The van der Waals surface area contributed by atoms with Crippen molar-refractivity contribution in [1.82, 2.24) is 10.3 Å². The van der Waals surface area contributed by atoms with E-state index in [0.29, 0.717) is 24.5 Å². The highest BCUT2D eigenvalue weighted by Crippen LogP contribution is 2.40. The van der Waals surface area contributed by atoms with Crippen LogP contribution in [-0.4, -0.2) is 57.4 Å². The average molecular weight is 445 g/mol. The van der Waals surface area contributed by atoms with Gasteiger partial charge < -0.3 is 24.6 Å². The van der Waals surface area contributed by atoms with Crippen LogP contribution in [0.3, 0.4) is 0 Å². The summed E-state index contributed by atoms with van der Waals surface area (Å²) in [6, 6.07) is 16.6. The van der Waals surface area contributed by atoms with Gasteiger partial charge in [-0.3, -0.25) is 9.78 Å². The predicted molar refractivity (Wildman–Crippen MR) is 129 cm³/mol. The van der Waals surface area contributed by atoms with Gasteiger partial charge in [-0.2, -0.15) is 0 Å². The van der Waals surface area contributed by atoms with Gasteiger partial charge in [-0.1, -0.05) is 18.2 Å². The summed E-state index contributed by atoms with van der Waals surface area (Å²) in [6.07, 6.45) is 3.65. The molecule has 0 bridgehead atoms. The van der Waals surface area contributed by atoms with Gasteiger partial charge >= 0.3 is 0 Å². The predicted octanol–water partition coefficient (Wildman–Crippen LogP) is 3.34. The quantitative estimate of drug-likeness (QED) is 0.651. The van der Waals surface area contributed by atoms with Gasteiger partial charge in [0, 0.05) is 44.8 Å². The number of carbonyl (C=O) groups is 1. The van der Waals surface area contributed by atoms with Crippen molar-refractivity contribution in [2.75, 3.05) is 56.3 Å². The summed E-state index contributed by atoms with van der Waals surface area (Å²) in [4.78, 5) is 21.6. The van der Waals surface area contributed by atoms with Crippen LogP contribution in [-0.2, 0) is 11.3 Å². The van der Waals surface area contributed by atoms with Crippen molar-refractivity contribution in [2.24, 2.45) is 0 Å². The summed E-state index contributed by atoms with van der Waals surface area (Å²) in [7, 11) is 1.65. The van der Waals surface area contributed by atoms with Crippen LogP contribution in [0.4, 0.5) is 11.4 Å². The van der Waals surface area contributed by atoms with Crippen molar-refractivity contribution in [1.29, 1.82) is 0 Å². The lowest BCUT2D eigenvalue weighted by molar-refractivity contribution is 0.0958. The van der Waals surface area contributed by atoms with Crippen molar-refractivity contribution >= 4 is 17.3 Å². The van der Waals surface area contributed by atoms with Gasteiger partial charge in [0.25, 0.3) is 5.91 Å². The maximum absolute atomic E-state index is 12.8. The second kappa shape index (κ2) is 9.50. The maximum Gasteiger partial charge on any atom is 0.254 e. The third-order valence-electron chi connectivity index (χ3n) is 6.16. The molecule has 3 heterocycles. The third-order valence-corrected chi connectivity index (χ3v) is 6.16. The Morgan fingerprint density at radius 1 is 1.03 bits per heavy atom. The lowest BCUT2D eigenvalue weighted by atomic mass is 9.98. The van der Waals surface area contributed by atoms with E-state index in [0.717, 1.165) is 55.2 Å². The number of pyridine rings is 1.